The van der Waals surface area contributed by atoms with E-state index in [9.17, 15) is 4.79 Å². The second-order valence-corrected chi connectivity index (χ2v) is 3.19. The fourth-order valence-corrected chi connectivity index (χ4v) is 1.23. The molecule has 2 heterocycles. The van der Waals surface area contributed by atoms with Gasteiger partial charge in [-0.15, -0.1) is 15.3 Å². The monoisotopic (exact) mass is 206 g/mol. The second kappa shape index (κ2) is 3.60. The molecule has 0 N–H and O–H groups in total. The van der Waals surface area contributed by atoms with E-state index >= 15 is 0 Å². The van der Waals surface area contributed by atoms with Gasteiger partial charge >= 0.3 is 0 Å². The van der Waals surface area contributed by atoms with E-state index in [0.717, 1.165) is 5.82 Å². The van der Waals surface area contributed by atoms with Crippen LogP contribution in [-0.2, 0) is 13.6 Å². The van der Waals surface area contributed by atoms with Gasteiger partial charge in [0.15, 0.2) is 11.6 Å². The Labute approximate surface area is 85.7 Å². The van der Waals surface area contributed by atoms with E-state index in [1.54, 1.807) is 10.9 Å². The number of ketones is 1. The average molecular weight is 206 g/mol. The van der Waals surface area contributed by atoms with Crippen molar-refractivity contribution in [3.8, 4) is 0 Å². The van der Waals surface area contributed by atoms with Crippen molar-refractivity contribution >= 4 is 5.78 Å². The molecule has 0 aromatic carbocycles. The lowest BCUT2D eigenvalue weighted by atomic mass is 10.3. The molecule has 0 unspecified atom stereocenters. The molecular formula is C8H10N6O. The molecule has 0 saturated heterocycles. The largest absolute Gasteiger partial charge is 0.319 e. The van der Waals surface area contributed by atoms with Gasteiger partial charge in [-0.1, -0.05) is 5.21 Å². The normalized spacial score (nSPS) is 10.5. The topological polar surface area (TPSA) is 78.5 Å². The van der Waals surface area contributed by atoms with Gasteiger partial charge in [0.25, 0.3) is 0 Å². The van der Waals surface area contributed by atoms with Gasteiger partial charge in [-0.25, -0.2) is 4.68 Å². The Morgan fingerprint density at radius 1 is 1.47 bits per heavy atom. The van der Waals surface area contributed by atoms with Crippen molar-refractivity contribution in [2.45, 2.75) is 13.5 Å². The van der Waals surface area contributed by atoms with Crippen molar-refractivity contribution in [3.63, 3.8) is 0 Å². The molecule has 2 aromatic heterocycles. The average Bonchev–Trinajstić information content (AvgIpc) is 2.77. The molecule has 0 aliphatic heterocycles. The van der Waals surface area contributed by atoms with E-state index in [-0.39, 0.29) is 5.78 Å². The predicted octanol–water partition coefficient (Wildman–Crippen LogP) is -0.343. The third kappa shape index (κ3) is 1.76. The van der Waals surface area contributed by atoms with E-state index in [0.29, 0.717) is 12.2 Å². The van der Waals surface area contributed by atoms with Crippen molar-refractivity contribution in [2.75, 3.05) is 0 Å². The standard InChI is InChI=1S/C8H10N6O/c1-6(15)7-3-9-12-14(7)4-8-11-10-5-13(8)2/h3,5H,4H2,1-2H3. The number of rotatable bonds is 3. The molecule has 0 saturated carbocycles. The summed E-state index contributed by atoms with van der Waals surface area (Å²) in [6.45, 7) is 1.87. The summed E-state index contributed by atoms with van der Waals surface area (Å²) in [4.78, 5) is 11.2. The molecule has 7 heteroatoms. The number of aryl methyl sites for hydroxylation is 1. The summed E-state index contributed by atoms with van der Waals surface area (Å²) in [6.07, 6.45) is 3.04. The van der Waals surface area contributed by atoms with Crippen LogP contribution in [0.5, 0.6) is 0 Å². The maximum atomic E-state index is 11.2. The summed E-state index contributed by atoms with van der Waals surface area (Å²) in [5, 5.41) is 15.2. The molecule has 78 valence electrons. The molecule has 15 heavy (non-hydrogen) atoms. The highest BCUT2D eigenvalue weighted by atomic mass is 16.1. The van der Waals surface area contributed by atoms with Crippen molar-refractivity contribution in [2.24, 2.45) is 7.05 Å². The first-order chi connectivity index (χ1) is 7.18. The first-order valence-electron chi connectivity index (χ1n) is 4.41. The summed E-state index contributed by atoms with van der Waals surface area (Å²) < 4.78 is 3.28. The Hall–Kier alpha value is -2.05. The lowest BCUT2D eigenvalue weighted by molar-refractivity contribution is 0.100. The molecule has 0 aliphatic rings. The van der Waals surface area contributed by atoms with Gasteiger partial charge in [0.2, 0.25) is 0 Å². The Kier molecular flexibility index (Phi) is 2.28. The van der Waals surface area contributed by atoms with Crippen molar-refractivity contribution in [3.05, 3.63) is 24.0 Å². The van der Waals surface area contributed by atoms with Crippen LogP contribution < -0.4 is 0 Å². The summed E-state index contributed by atoms with van der Waals surface area (Å²) in [5.41, 5.74) is 0.470. The van der Waals surface area contributed by atoms with E-state index in [1.165, 1.54) is 17.8 Å². The highest BCUT2D eigenvalue weighted by Crippen LogP contribution is 2.01. The van der Waals surface area contributed by atoms with E-state index < -0.39 is 0 Å². The zero-order valence-corrected chi connectivity index (χ0v) is 8.45. The second-order valence-electron chi connectivity index (χ2n) is 3.19. The summed E-state index contributed by atoms with van der Waals surface area (Å²) in [5.74, 6) is 0.658. The van der Waals surface area contributed by atoms with Gasteiger partial charge < -0.3 is 4.57 Å². The molecule has 0 bridgehead atoms. The molecule has 0 radical (unpaired) electrons. The number of carbonyl (C=O) groups excluding carboxylic acids is 1. The molecule has 0 spiro atoms. The fraction of sp³-hybridized carbons (Fsp3) is 0.375. The minimum Gasteiger partial charge on any atom is -0.319 e. The van der Waals surface area contributed by atoms with Crippen LogP contribution in [0.15, 0.2) is 12.5 Å². The van der Waals surface area contributed by atoms with E-state index in [1.807, 2.05) is 7.05 Å². The highest BCUT2D eigenvalue weighted by Gasteiger charge is 2.10. The van der Waals surface area contributed by atoms with Crippen LogP contribution in [0.4, 0.5) is 0 Å². The number of aromatic nitrogens is 6. The number of hydrogen-bond acceptors (Lipinski definition) is 5. The fourth-order valence-electron chi connectivity index (χ4n) is 1.23. The molecule has 7 nitrogen and oxygen atoms in total. The molecule has 0 fully saturated rings. The number of carbonyl (C=O) groups is 1. The zero-order chi connectivity index (χ0) is 10.8. The smallest absolute Gasteiger partial charge is 0.179 e. The first-order valence-corrected chi connectivity index (χ1v) is 4.41. The predicted molar refractivity (Wildman–Crippen MR) is 50.1 cm³/mol. The maximum Gasteiger partial charge on any atom is 0.179 e. The van der Waals surface area contributed by atoms with Crippen molar-refractivity contribution < 1.29 is 4.79 Å². The van der Waals surface area contributed by atoms with Crippen molar-refractivity contribution in [1.82, 2.24) is 29.8 Å². The molecular weight excluding hydrogens is 196 g/mol. The molecule has 2 rings (SSSR count). The first kappa shape index (κ1) is 9.50. The maximum absolute atomic E-state index is 11.2. The number of hydrogen-bond donors (Lipinski definition) is 0. The quantitative estimate of drug-likeness (QED) is 0.642. The van der Waals surface area contributed by atoms with Crippen molar-refractivity contribution in [1.29, 1.82) is 0 Å². The summed E-state index contributed by atoms with van der Waals surface area (Å²) in [6, 6.07) is 0. The van der Waals surface area contributed by atoms with Crippen LogP contribution in [0.3, 0.4) is 0 Å². The van der Waals surface area contributed by atoms with Gasteiger partial charge in [0, 0.05) is 14.0 Å². The Bertz CT molecular complexity index is 485. The Morgan fingerprint density at radius 2 is 2.27 bits per heavy atom. The molecule has 0 aliphatic carbocycles. The van der Waals surface area contributed by atoms with Gasteiger partial charge in [-0.3, -0.25) is 4.79 Å². The van der Waals surface area contributed by atoms with Crippen LogP contribution >= 0.6 is 0 Å². The third-order valence-corrected chi connectivity index (χ3v) is 2.07. The highest BCUT2D eigenvalue weighted by molar-refractivity contribution is 5.91. The van der Waals surface area contributed by atoms with Crippen LogP contribution in [0.1, 0.15) is 23.2 Å². The third-order valence-electron chi connectivity index (χ3n) is 2.07. The molecule has 0 atom stereocenters. The Morgan fingerprint density at radius 3 is 2.87 bits per heavy atom. The summed E-state index contributed by atoms with van der Waals surface area (Å²) >= 11 is 0. The number of nitrogens with zero attached hydrogens (tertiary/aromatic N) is 6. The van der Waals surface area contributed by atoms with Crippen LogP contribution in [-0.4, -0.2) is 35.5 Å². The van der Waals surface area contributed by atoms with E-state index in [2.05, 4.69) is 20.5 Å². The minimum atomic E-state index is -0.0674. The SMILES string of the molecule is CC(=O)c1cnnn1Cc1nncn1C. The summed E-state index contributed by atoms with van der Waals surface area (Å²) in [7, 11) is 1.83. The number of Topliss-reactive ketones (excluding diaryl/α,β-unsaturated/α-hetero) is 1. The van der Waals surface area contributed by atoms with Gasteiger partial charge in [-0.05, 0) is 0 Å². The van der Waals surface area contributed by atoms with Gasteiger partial charge in [0.05, 0.1) is 6.20 Å². The van der Waals surface area contributed by atoms with E-state index in [4.69, 9.17) is 0 Å². The zero-order valence-electron chi connectivity index (χ0n) is 8.45. The lowest BCUT2D eigenvalue weighted by Gasteiger charge is -2.02. The molecule has 0 amide bonds. The molecule has 2 aromatic rings. The van der Waals surface area contributed by atoms with Gasteiger partial charge in [0.1, 0.15) is 18.6 Å². The Balaban J connectivity index is 2.28. The lowest BCUT2D eigenvalue weighted by Crippen LogP contribution is -2.12. The minimum absolute atomic E-state index is 0.0674. The van der Waals surface area contributed by atoms with Crippen LogP contribution in [0.25, 0.3) is 0 Å². The van der Waals surface area contributed by atoms with Gasteiger partial charge in [-0.2, -0.15) is 0 Å². The van der Waals surface area contributed by atoms with Crippen LogP contribution in [0, 0.1) is 0 Å². The van der Waals surface area contributed by atoms with Crippen LogP contribution in [0.2, 0.25) is 0 Å².